The molecular formula is C15H29NS. The smallest absolute Gasteiger partial charge is 0.0345 e. The van der Waals surface area contributed by atoms with Gasteiger partial charge in [-0.25, -0.2) is 0 Å². The van der Waals surface area contributed by atoms with E-state index in [1.54, 1.807) is 11.8 Å². The van der Waals surface area contributed by atoms with Gasteiger partial charge in [0, 0.05) is 18.3 Å². The van der Waals surface area contributed by atoms with Crippen molar-refractivity contribution in [3.05, 3.63) is 22.8 Å². The van der Waals surface area contributed by atoms with Crippen LogP contribution in [0.5, 0.6) is 0 Å². The second kappa shape index (κ2) is 7.15. The van der Waals surface area contributed by atoms with E-state index < -0.39 is 0 Å². The first-order chi connectivity index (χ1) is 7.70. The molecule has 0 bridgehead atoms. The van der Waals surface area contributed by atoms with Gasteiger partial charge in [0.1, 0.15) is 0 Å². The molecule has 0 N–H and O–H groups in total. The Morgan fingerprint density at radius 3 is 2.24 bits per heavy atom. The second-order valence-electron chi connectivity index (χ2n) is 5.79. The summed E-state index contributed by atoms with van der Waals surface area (Å²) in [5.41, 5.74) is 2.95. The van der Waals surface area contributed by atoms with Crippen LogP contribution in [0, 0.1) is 5.92 Å². The summed E-state index contributed by atoms with van der Waals surface area (Å²) < 4.78 is 0. The Hall–Kier alpha value is -0.370. The third-order valence-corrected chi connectivity index (χ3v) is 3.74. The molecule has 1 atom stereocenters. The molecule has 0 saturated heterocycles. The molecule has 1 unspecified atom stereocenters. The lowest BCUT2D eigenvalue weighted by Crippen LogP contribution is -2.40. The van der Waals surface area contributed by atoms with Crippen LogP contribution in [0.4, 0.5) is 0 Å². The highest BCUT2D eigenvalue weighted by molar-refractivity contribution is 8.01. The zero-order valence-electron chi connectivity index (χ0n) is 12.8. The van der Waals surface area contributed by atoms with Crippen molar-refractivity contribution in [2.24, 2.45) is 5.92 Å². The summed E-state index contributed by atoms with van der Waals surface area (Å²) in [6.45, 7) is 13.5. The zero-order chi connectivity index (χ0) is 13.6. The fourth-order valence-electron chi connectivity index (χ4n) is 2.28. The molecular weight excluding hydrogens is 226 g/mol. The predicted octanol–water partition coefficient (Wildman–Crippen LogP) is 4.91. The van der Waals surface area contributed by atoms with Crippen LogP contribution < -0.4 is 0 Å². The molecule has 17 heavy (non-hydrogen) atoms. The SMILES string of the molecule is CSC=C(C)N(C)C(C)(C)CC(C)C=C(C)C. The number of allylic oxidation sites excluding steroid dienone is 3. The summed E-state index contributed by atoms with van der Waals surface area (Å²) in [6.07, 6.45) is 5.65. The molecule has 0 radical (unpaired) electrons. The van der Waals surface area contributed by atoms with Crippen molar-refractivity contribution in [2.45, 2.75) is 53.5 Å². The van der Waals surface area contributed by atoms with Gasteiger partial charge >= 0.3 is 0 Å². The fourth-order valence-corrected chi connectivity index (χ4v) is 2.78. The number of rotatable bonds is 6. The standard InChI is InChI=1S/C15H29NS/c1-12(2)9-13(3)10-15(5,6)16(7)14(4)11-17-8/h9,11,13H,10H2,1-8H3. The Balaban J connectivity index is 4.67. The number of hydrogen-bond acceptors (Lipinski definition) is 2. The van der Waals surface area contributed by atoms with E-state index in [2.05, 4.69) is 71.2 Å². The molecule has 0 aromatic heterocycles. The molecule has 2 heteroatoms. The highest BCUT2D eigenvalue weighted by Gasteiger charge is 2.25. The molecule has 0 aromatic carbocycles. The van der Waals surface area contributed by atoms with Crippen LogP contribution in [0.1, 0.15) is 48.0 Å². The highest BCUT2D eigenvalue weighted by atomic mass is 32.2. The Morgan fingerprint density at radius 2 is 1.82 bits per heavy atom. The monoisotopic (exact) mass is 255 g/mol. The molecule has 0 heterocycles. The summed E-state index contributed by atoms with van der Waals surface area (Å²) in [4.78, 5) is 2.39. The number of nitrogens with zero attached hydrogens (tertiary/aromatic N) is 1. The molecule has 0 fully saturated rings. The molecule has 0 aliphatic carbocycles. The quantitative estimate of drug-likeness (QED) is 0.620. The Labute approximate surface area is 112 Å². The third kappa shape index (κ3) is 6.21. The topological polar surface area (TPSA) is 3.24 Å². The third-order valence-electron chi connectivity index (χ3n) is 3.16. The molecule has 0 spiro atoms. The van der Waals surface area contributed by atoms with Gasteiger partial charge in [0.25, 0.3) is 0 Å². The van der Waals surface area contributed by atoms with Crippen LogP contribution in [0.25, 0.3) is 0 Å². The van der Waals surface area contributed by atoms with Crippen molar-refractivity contribution in [3.63, 3.8) is 0 Å². The van der Waals surface area contributed by atoms with Crippen LogP contribution >= 0.6 is 11.8 Å². The van der Waals surface area contributed by atoms with Gasteiger partial charge < -0.3 is 4.90 Å². The van der Waals surface area contributed by atoms with E-state index in [-0.39, 0.29) is 5.54 Å². The van der Waals surface area contributed by atoms with Crippen molar-refractivity contribution in [2.75, 3.05) is 13.3 Å². The Kier molecular flexibility index (Phi) is 6.99. The maximum atomic E-state index is 2.39. The van der Waals surface area contributed by atoms with E-state index in [9.17, 15) is 0 Å². The van der Waals surface area contributed by atoms with E-state index in [1.165, 1.54) is 17.7 Å². The van der Waals surface area contributed by atoms with E-state index in [1.807, 2.05) is 0 Å². The predicted molar refractivity (Wildman–Crippen MR) is 82.3 cm³/mol. The number of hydrogen-bond donors (Lipinski definition) is 0. The summed E-state index contributed by atoms with van der Waals surface area (Å²) >= 11 is 1.77. The molecule has 0 aromatic rings. The van der Waals surface area contributed by atoms with Crippen molar-refractivity contribution >= 4 is 11.8 Å². The Morgan fingerprint density at radius 1 is 1.29 bits per heavy atom. The van der Waals surface area contributed by atoms with Crippen LogP contribution in [-0.4, -0.2) is 23.7 Å². The van der Waals surface area contributed by atoms with Crippen molar-refractivity contribution < 1.29 is 0 Å². The minimum atomic E-state index is 0.196. The van der Waals surface area contributed by atoms with Gasteiger partial charge in [-0.3, -0.25) is 0 Å². The van der Waals surface area contributed by atoms with Gasteiger partial charge in [0.15, 0.2) is 0 Å². The average molecular weight is 255 g/mol. The fraction of sp³-hybridized carbons (Fsp3) is 0.733. The van der Waals surface area contributed by atoms with Crippen molar-refractivity contribution in [1.82, 2.24) is 4.90 Å². The minimum absolute atomic E-state index is 0.196. The van der Waals surface area contributed by atoms with E-state index >= 15 is 0 Å². The summed E-state index contributed by atoms with van der Waals surface area (Å²) in [7, 11) is 2.19. The van der Waals surface area contributed by atoms with Crippen LogP contribution in [0.3, 0.4) is 0 Å². The minimum Gasteiger partial charge on any atom is -0.373 e. The number of thioether (sulfide) groups is 1. The molecule has 100 valence electrons. The molecule has 0 aliphatic heterocycles. The summed E-state index contributed by atoms with van der Waals surface area (Å²) in [5.74, 6) is 0.625. The van der Waals surface area contributed by atoms with Crippen LogP contribution in [-0.2, 0) is 0 Å². The van der Waals surface area contributed by atoms with Gasteiger partial charge in [-0.2, -0.15) is 0 Å². The largest absolute Gasteiger partial charge is 0.373 e. The zero-order valence-corrected chi connectivity index (χ0v) is 13.6. The normalized spacial score (nSPS) is 14.5. The highest BCUT2D eigenvalue weighted by Crippen LogP contribution is 2.27. The van der Waals surface area contributed by atoms with E-state index in [4.69, 9.17) is 0 Å². The van der Waals surface area contributed by atoms with Crippen molar-refractivity contribution in [3.8, 4) is 0 Å². The van der Waals surface area contributed by atoms with Gasteiger partial charge in [0.05, 0.1) is 0 Å². The lowest BCUT2D eigenvalue weighted by molar-refractivity contribution is 0.177. The second-order valence-corrected chi connectivity index (χ2v) is 6.50. The van der Waals surface area contributed by atoms with Gasteiger partial charge in [-0.1, -0.05) is 18.6 Å². The van der Waals surface area contributed by atoms with E-state index in [0.29, 0.717) is 5.92 Å². The van der Waals surface area contributed by atoms with Gasteiger partial charge in [-0.05, 0) is 58.6 Å². The van der Waals surface area contributed by atoms with Crippen LogP contribution in [0.2, 0.25) is 0 Å². The molecule has 0 saturated carbocycles. The first-order valence-electron chi connectivity index (χ1n) is 6.29. The average Bonchev–Trinajstić information content (AvgIpc) is 2.14. The maximum Gasteiger partial charge on any atom is 0.0345 e. The molecule has 1 nitrogen and oxygen atoms in total. The first-order valence-corrected chi connectivity index (χ1v) is 7.58. The lowest BCUT2D eigenvalue weighted by atomic mass is 9.89. The Bertz CT molecular complexity index is 285. The molecule has 0 rings (SSSR count). The molecule has 0 amide bonds. The van der Waals surface area contributed by atoms with E-state index in [0.717, 1.165) is 0 Å². The summed E-state index contributed by atoms with van der Waals surface area (Å²) in [5, 5.41) is 2.22. The summed E-state index contributed by atoms with van der Waals surface area (Å²) in [6, 6.07) is 0. The molecule has 0 aliphatic rings. The lowest BCUT2D eigenvalue weighted by Gasteiger charge is -2.39. The maximum absolute atomic E-state index is 2.39. The van der Waals surface area contributed by atoms with Crippen molar-refractivity contribution in [1.29, 1.82) is 0 Å². The van der Waals surface area contributed by atoms with Gasteiger partial charge in [0.2, 0.25) is 0 Å². The van der Waals surface area contributed by atoms with Crippen LogP contribution in [0.15, 0.2) is 22.8 Å². The first kappa shape index (κ1) is 16.6. The van der Waals surface area contributed by atoms with Gasteiger partial charge in [-0.15, -0.1) is 11.8 Å².